The maximum absolute atomic E-state index is 11.3. The zero-order chi connectivity index (χ0) is 14.1. The van der Waals surface area contributed by atoms with Gasteiger partial charge in [-0.05, 0) is 19.1 Å². The number of hydrogen-bond donors (Lipinski definition) is 1. The minimum absolute atomic E-state index is 0.489. The fourth-order valence-corrected chi connectivity index (χ4v) is 2.51. The molecule has 3 rings (SSSR count). The molecule has 0 bridgehead atoms. The fraction of sp³-hybridized carbons (Fsp3) is 0.200. The number of ether oxygens (including phenoxy) is 1. The van der Waals surface area contributed by atoms with Crippen LogP contribution in [-0.4, -0.2) is 22.8 Å². The largest absolute Gasteiger partial charge is 0.453 e. The average Bonchev–Trinajstić information content (AvgIpc) is 2.80. The Kier molecular flexibility index (Phi) is 3.02. The predicted octanol–water partition coefficient (Wildman–Crippen LogP) is 3.39. The zero-order valence-electron chi connectivity index (χ0n) is 11.4. The molecule has 0 aliphatic rings. The summed E-state index contributed by atoms with van der Waals surface area (Å²) >= 11 is 0. The fourth-order valence-electron chi connectivity index (χ4n) is 2.51. The van der Waals surface area contributed by atoms with Crippen LogP contribution in [0, 0.1) is 0 Å². The molecular formula is C15H15N3O2. The molecule has 0 aliphatic carbocycles. The summed E-state index contributed by atoms with van der Waals surface area (Å²) < 4.78 is 6.79. The number of carbonyl (C=O) groups is 1. The standard InChI is InChI=1S/C15H15N3O2/c1-3-18-12-7-5-4-6-10(12)11-8-14(16-9-13(11)18)17-15(19)20-2/h4-9H,3H2,1-2H3,(H,16,17,19). The van der Waals surface area contributed by atoms with Gasteiger partial charge in [-0.25, -0.2) is 9.78 Å². The molecule has 1 N–H and O–H groups in total. The molecule has 5 nitrogen and oxygen atoms in total. The lowest BCUT2D eigenvalue weighted by molar-refractivity contribution is 0.187. The topological polar surface area (TPSA) is 56.2 Å². The van der Waals surface area contributed by atoms with Crippen LogP contribution in [0.1, 0.15) is 6.92 Å². The van der Waals surface area contributed by atoms with Gasteiger partial charge in [0.25, 0.3) is 0 Å². The van der Waals surface area contributed by atoms with Gasteiger partial charge in [0.1, 0.15) is 5.82 Å². The highest BCUT2D eigenvalue weighted by molar-refractivity contribution is 6.08. The number of benzene rings is 1. The number of aromatic nitrogens is 2. The van der Waals surface area contributed by atoms with Crippen LogP contribution >= 0.6 is 0 Å². The van der Waals surface area contributed by atoms with Gasteiger partial charge in [0.15, 0.2) is 0 Å². The number of carbonyl (C=O) groups excluding carboxylic acids is 1. The molecule has 0 spiro atoms. The first-order valence-corrected chi connectivity index (χ1v) is 6.46. The predicted molar refractivity (Wildman–Crippen MR) is 78.9 cm³/mol. The van der Waals surface area contributed by atoms with Crippen LogP contribution in [0.5, 0.6) is 0 Å². The van der Waals surface area contributed by atoms with Crippen molar-refractivity contribution in [1.29, 1.82) is 0 Å². The quantitative estimate of drug-likeness (QED) is 0.775. The van der Waals surface area contributed by atoms with Crippen LogP contribution in [0.4, 0.5) is 10.6 Å². The summed E-state index contributed by atoms with van der Waals surface area (Å²) in [7, 11) is 1.33. The highest BCUT2D eigenvalue weighted by atomic mass is 16.5. The molecule has 3 aromatic rings. The maximum atomic E-state index is 11.3. The molecule has 1 aromatic carbocycles. The maximum Gasteiger partial charge on any atom is 0.412 e. The van der Waals surface area contributed by atoms with E-state index in [1.165, 1.54) is 12.6 Å². The summed E-state index contributed by atoms with van der Waals surface area (Å²) in [6.07, 6.45) is 1.26. The van der Waals surface area contributed by atoms with Gasteiger partial charge in [-0.15, -0.1) is 0 Å². The Morgan fingerprint density at radius 1 is 1.30 bits per heavy atom. The Morgan fingerprint density at radius 2 is 2.10 bits per heavy atom. The summed E-state index contributed by atoms with van der Waals surface area (Å²) in [6, 6.07) is 10.1. The van der Waals surface area contributed by atoms with Crippen molar-refractivity contribution >= 4 is 33.7 Å². The second kappa shape index (κ2) is 4.85. The third kappa shape index (κ3) is 1.87. The van der Waals surface area contributed by atoms with Gasteiger partial charge in [-0.2, -0.15) is 0 Å². The molecular weight excluding hydrogens is 254 g/mol. The van der Waals surface area contributed by atoms with Crippen LogP contribution < -0.4 is 5.32 Å². The van der Waals surface area contributed by atoms with E-state index < -0.39 is 6.09 Å². The lowest BCUT2D eigenvalue weighted by Crippen LogP contribution is -2.11. The Bertz CT molecular complexity index is 792. The minimum atomic E-state index is -0.518. The summed E-state index contributed by atoms with van der Waals surface area (Å²) in [5.74, 6) is 0.489. The van der Waals surface area contributed by atoms with E-state index in [-0.39, 0.29) is 0 Å². The van der Waals surface area contributed by atoms with E-state index in [9.17, 15) is 4.79 Å². The van der Waals surface area contributed by atoms with Crippen molar-refractivity contribution in [3.63, 3.8) is 0 Å². The summed E-state index contributed by atoms with van der Waals surface area (Å²) in [5.41, 5.74) is 2.23. The van der Waals surface area contributed by atoms with Crippen molar-refractivity contribution < 1.29 is 9.53 Å². The van der Waals surface area contributed by atoms with E-state index in [0.29, 0.717) is 5.82 Å². The summed E-state index contributed by atoms with van der Waals surface area (Å²) in [4.78, 5) is 15.5. The third-order valence-corrected chi connectivity index (χ3v) is 3.39. The summed E-state index contributed by atoms with van der Waals surface area (Å²) in [6.45, 7) is 2.97. The number of para-hydroxylation sites is 1. The highest BCUT2D eigenvalue weighted by Gasteiger charge is 2.11. The molecule has 0 fully saturated rings. The number of methoxy groups -OCH3 is 1. The average molecular weight is 269 g/mol. The molecule has 0 atom stereocenters. The number of amides is 1. The van der Waals surface area contributed by atoms with E-state index in [2.05, 4.69) is 38.7 Å². The highest BCUT2D eigenvalue weighted by Crippen LogP contribution is 2.29. The Hall–Kier alpha value is -2.56. The normalized spacial score (nSPS) is 10.9. The summed E-state index contributed by atoms with van der Waals surface area (Å²) in [5, 5.41) is 4.82. The lowest BCUT2D eigenvalue weighted by atomic mass is 10.2. The number of nitrogens with zero attached hydrogens (tertiary/aromatic N) is 2. The van der Waals surface area contributed by atoms with Crippen molar-refractivity contribution in [2.24, 2.45) is 0 Å². The Morgan fingerprint density at radius 3 is 2.85 bits per heavy atom. The Labute approximate surface area is 116 Å². The second-order valence-electron chi connectivity index (χ2n) is 4.46. The van der Waals surface area contributed by atoms with Gasteiger partial charge >= 0.3 is 6.09 Å². The lowest BCUT2D eigenvalue weighted by Gasteiger charge is -2.04. The van der Waals surface area contributed by atoms with E-state index in [1.54, 1.807) is 6.20 Å². The van der Waals surface area contributed by atoms with Crippen LogP contribution in [0.25, 0.3) is 21.8 Å². The van der Waals surface area contributed by atoms with Gasteiger partial charge in [-0.1, -0.05) is 18.2 Å². The molecule has 1 amide bonds. The first kappa shape index (κ1) is 12.5. The van der Waals surface area contributed by atoms with E-state index in [4.69, 9.17) is 0 Å². The molecule has 2 aromatic heterocycles. The van der Waals surface area contributed by atoms with Gasteiger partial charge in [0, 0.05) is 22.8 Å². The molecule has 0 unspecified atom stereocenters. The van der Waals surface area contributed by atoms with Crippen LogP contribution in [0.2, 0.25) is 0 Å². The zero-order valence-corrected chi connectivity index (χ0v) is 11.4. The minimum Gasteiger partial charge on any atom is -0.453 e. The van der Waals surface area contributed by atoms with Crippen molar-refractivity contribution in [2.45, 2.75) is 13.5 Å². The van der Waals surface area contributed by atoms with Crippen LogP contribution in [0.15, 0.2) is 36.5 Å². The SMILES string of the molecule is CCn1c2ccccc2c2cc(NC(=O)OC)ncc21. The van der Waals surface area contributed by atoms with Gasteiger partial charge in [0.2, 0.25) is 0 Å². The molecule has 0 saturated heterocycles. The smallest absolute Gasteiger partial charge is 0.412 e. The molecule has 2 heterocycles. The molecule has 5 heteroatoms. The van der Waals surface area contributed by atoms with Gasteiger partial charge in [-0.3, -0.25) is 5.32 Å². The van der Waals surface area contributed by atoms with E-state index >= 15 is 0 Å². The Balaban J connectivity index is 2.23. The first-order chi connectivity index (χ1) is 9.74. The number of fused-ring (bicyclic) bond motifs is 3. The molecule has 20 heavy (non-hydrogen) atoms. The number of rotatable bonds is 2. The van der Waals surface area contributed by atoms with E-state index in [1.807, 2.05) is 18.2 Å². The second-order valence-corrected chi connectivity index (χ2v) is 4.46. The number of anilines is 1. The number of hydrogen-bond acceptors (Lipinski definition) is 3. The van der Waals surface area contributed by atoms with Gasteiger partial charge < -0.3 is 9.30 Å². The molecule has 102 valence electrons. The first-order valence-electron chi connectivity index (χ1n) is 6.46. The number of pyridine rings is 1. The monoisotopic (exact) mass is 269 g/mol. The van der Waals surface area contributed by atoms with Crippen molar-refractivity contribution in [3.05, 3.63) is 36.5 Å². The molecule has 0 aliphatic heterocycles. The number of aryl methyl sites for hydroxylation is 1. The van der Waals surface area contributed by atoms with Crippen LogP contribution in [-0.2, 0) is 11.3 Å². The van der Waals surface area contributed by atoms with Crippen molar-refractivity contribution in [1.82, 2.24) is 9.55 Å². The molecule has 0 radical (unpaired) electrons. The van der Waals surface area contributed by atoms with E-state index in [0.717, 1.165) is 22.8 Å². The van der Waals surface area contributed by atoms with Gasteiger partial charge in [0.05, 0.1) is 18.8 Å². The van der Waals surface area contributed by atoms with Crippen molar-refractivity contribution in [3.8, 4) is 0 Å². The molecule has 0 saturated carbocycles. The van der Waals surface area contributed by atoms with Crippen LogP contribution in [0.3, 0.4) is 0 Å². The third-order valence-electron chi connectivity index (χ3n) is 3.39. The number of nitrogens with one attached hydrogen (secondary N) is 1. The van der Waals surface area contributed by atoms with Crippen molar-refractivity contribution in [2.75, 3.05) is 12.4 Å².